The maximum absolute atomic E-state index is 13.6. The number of rotatable bonds is 4. The summed E-state index contributed by atoms with van der Waals surface area (Å²) in [6.07, 6.45) is 5.76. The number of anilines is 1. The molecule has 1 atom stereocenters. The number of halogens is 2. The van der Waals surface area contributed by atoms with Gasteiger partial charge in [0.1, 0.15) is 11.6 Å². The van der Waals surface area contributed by atoms with E-state index in [1.165, 1.54) is 12.5 Å². The van der Waals surface area contributed by atoms with Gasteiger partial charge in [-0.15, -0.1) is 11.3 Å². The van der Waals surface area contributed by atoms with Crippen molar-refractivity contribution in [1.82, 2.24) is 4.98 Å². The lowest BCUT2D eigenvalue weighted by molar-refractivity contribution is 0.389. The summed E-state index contributed by atoms with van der Waals surface area (Å²) < 4.78 is 26.5. The molecule has 1 aliphatic rings. The molecule has 2 nitrogen and oxygen atoms in total. The number of aryl methyl sites for hydroxylation is 1. The van der Waals surface area contributed by atoms with Gasteiger partial charge < -0.3 is 4.90 Å². The van der Waals surface area contributed by atoms with E-state index in [1.54, 1.807) is 17.4 Å². The molecule has 0 bridgehead atoms. The molecule has 1 aliphatic heterocycles. The van der Waals surface area contributed by atoms with Gasteiger partial charge in [-0.25, -0.2) is 13.8 Å². The standard InChI is InChI=1S/C16H18F2N2S/c17-14-6-5-13(15(18)10-14)4-3-12-2-1-8-20(11-12)16-19-7-9-21-16/h5-7,9-10,12H,1-4,8,11H2/t12-/m0/s1. The van der Waals surface area contributed by atoms with E-state index in [9.17, 15) is 8.78 Å². The highest BCUT2D eigenvalue weighted by atomic mass is 32.1. The lowest BCUT2D eigenvalue weighted by Crippen LogP contribution is -2.35. The second-order valence-corrected chi connectivity index (χ2v) is 6.42. The van der Waals surface area contributed by atoms with Gasteiger partial charge in [-0.3, -0.25) is 0 Å². The summed E-state index contributed by atoms with van der Waals surface area (Å²) >= 11 is 1.66. The quantitative estimate of drug-likeness (QED) is 0.838. The van der Waals surface area contributed by atoms with Crippen molar-refractivity contribution in [2.45, 2.75) is 25.7 Å². The summed E-state index contributed by atoms with van der Waals surface area (Å²) in [4.78, 5) is 6.68. The minimum Gasteiger partial charge on any atom is -0.348 e. The molecule has 0 amide bonds. The Labute approximate surface area is 127 Å². The molecular weight excluding hydrogens is 290 g/mol. The molecule has 0 N–H and O–H groups in total. The topological polar surface area (TPSA) is 16.1 Å². The fourth-order valence-electron chi connectivity index (χ4n) is 2.93. The molecule has 1 aromatic heterocycles. The third-order valence-electron chi connectivity index (χ3n) is 4.05. The zero-order valence-corrected chi connectivity index (χ0v) is 12.6. The number of piperidine rings is 1. The van der Waals surface area contributed by atoms with Crippen molar-refractivity contribution in [2.75, 3.05) is 18.0 Å². The SMILES string of the molecule is Fc1ccc(CC[C@@H]2CCCN(c3nccs3)C2)c(F)c1. The Morgan fingerprint density at radius 1 is 1.33 bits per heavy atom. The number of benzene rings is 1. The van der Waals surface area contributed by atoms with Crippen LogP contribution in [0.2, 0.25) is 0 Å². The van der Waals surface area contributed by atoms with Gasteiger partial charge in [-0.1, -0.05) is 6.07 Å². The van der Waals surface area contributed by atoms with Gasteiger partial charge in [0.05, 0.1) is 0 Å². The first kappa shape index (κ1) is 14.4. The van der Waals surface area contributed by atoms with Crippen LogP contribution in [-0.2, 0) is 6.42 Å². The molecule has 0 unspecified atom stereocenters. The smallest absolute Gasteiger partial charge is 0.185 e. The second-order valence-electron chi connectivity index (χ2n) is 5.54. The normalized spacial score (nSPS) is 19.0. The Morgan fingerprint density at radius 2 is 2.24 bits per heavy atom. The van der Waals surface area contributed by atoms with Crippen LogP contribution in [-0.4, -0.2) is 18.1 Å². The minimum atomic E-state index is -0.510. The predicted octanol–water partition coefficient (Wildman–Crippen LogP) is 4.27. The van der Waals surface area contributed by atoms with Crippen molar-refractivity contribution in [2.24, 2.45) is 5.92 Å². The molecule has 0 aliphatic carbocycles. The predicted molar refractivity (Wildman–Crippen MR) is 81.7 cm³/mol. The van der Waals surface area contributed by atoms with Gasteiger partial charge in [0.25, 0.3) is 0 Å². The lowest BCUT2D eigenvalue weighted by atomic mass is 9.92. The van der Waals surface area contributed by atoms with Crippen LogP contribution in [0.1, 0.15) is 24.8 Å². The summed E-state index contributed by atoms with van der Waals surface area (Å²) in [6.45, 7) is 2.03. The number of hydrogen-bond acceptors (Lipinski definition) is 3. The molecule has 3 rings (SSSR count). The van der Waals surface area contributed by atoms with Crippen molar-refractivity contribution < 1.29 is 8.78 Å². The van der Waals surface area contributed by atoms with E-state index in [4.69, 9.17) is 0 Å². The van der Waals surface area contributed by atoms with Crippen LogP contribution in [0, 0.1) is 17.6 Å². The van der Waals surface area contributed by atoms with Crippen LogP contribution in [0.4, 0.5) is 13.9 Å². The maximum atomic E-state index is 13.6. The van der Waals surface area contributed by atoms with Gasteiger partial charge in [-0.2, -0.15) is 0 Å². The Kier molecular flexibility index (Phi) is 4.48. The third-order valence-corrected chi connectivity index (χ3v) is 4.88. The van der Waals surface area contributed by atoms with Gasteiger partial charge >= 0.3 is 0 Å². The molecule has 1 fully saturated rings. The summed E-state index contributed by atoms with van der Waals surface area (Å²) in [5.74, 6) is -0.390. The van der Waals surface area contributed by atoms with E-state index in [0.717, 1.165) is 37.1 Å². The van der Waals surface area contributed by atoms with E-state index in [-0.39, 0.29) is 0 Å². The Bertz CT molecular complexity index is 586. The summed E-state index contributed by atoms with van der Waals surface area (Å²) in [5, 5.41) is 3.07. The van der Waals surface area contributed by atoms with Crippen molar-refractivity contribution in [1.29, 1.82) is 0 Å². The molecule has 21 heavy (non-hydrogen) atoms. The lowest BCUT2D eigenvalue weighted by Gasteiger charge is -2.32. The van der Waals surface area contributed by atoms with Gasteiger partial charge in [-0.05, 0) is 43.2 Å². The summed E-state index contributed by atoms with van der Waals surface area (Å²) in [5.41, 5.74) is 0.614. The summed E-state index contributed by atoms with van der Waals surface area (Å²) in [6, 6.07) is 3.87. The molecule has 2 heterocycles. The molecule has 5 heteroatoms. The highest BCUT2D eigenvalue weighted by Crippen LogP contribution is 2.27. The van der Waals surface area contributed by atoms with Gasteiger partial charge in [0.15, 0.2) is 5.13 Å². The maximum Gasteiger partial charge on any atom is 0.185 e. The molecule has 2 aromatic rings. The van der Waals surface area contributed by atoms with E-state index in [2.05, 4.69) is 9.88 Å². The zero-order chi connectivity index (χ0) is 14.7. The third kappa shape index (κ3) is 3.59. The Balaban J connectivity index is 1.57. The molecule has 0 spiro atoms. The first-order valence-corrected chi connectivity index (χ1v) is 8.18. The Morgan fingerprint density at radius 3 is 3.00 bits per heavy atom. The summed E-state index contributed by atoms with van der Waals surface area (Å²) in [7, 11) is 0. The molecular formula is C16H18F2N2S. The monoisotopic (exact) mass is 308 g/mol. The van der Waals surface area contributed by atoms with Gasteiger partial charge in [0.2, 0.25) is 0 Å². The molecule has 1 saturated heterocycles. The number of nitrogens with zero attached hydrogens (tertiary/aromatic N) is 2. The molecule has 1 aromatic carbocycles. The van der Waals surface area contributed by atoms with Crippen LogP contribution in [0.5, 0.6) is 0 Å². The zero-order valence-electron chi connectivity index (χ0n) is 11.8. The Hall–Kier alpha value is -1.49. The second kappa shape index (κ2) is 6.52. The highest BCUT2D eigenvalue weighted by molar-refractivity contribution is 7.13. The fourth-order valence-corrected chi connectivity index (χ4v) is 3.61. The first-order valence-electron chi connectivity index (χ1n) is 7.31. The molecule has 112 valence electrons. The van der Waals surface area contributed by atoms with Crippen LogP contribution < -0.4 is 4.90 Å². The van der Waals surface area contributed by atoms with E-state index < -0.39 is 11.6 Å². The van der Waals surface area contributed by atoms with Crippen LogP contribution >= 0.6 is 11.3 Å². The van der Waals surface area contributed by atoms with Crippen molar-refractivity contribution >= 4 is 16.5 Å². The first-order chi connectivity index (χ1) is 10.2. The molecule has 0 radical (unpaired) electrons. The van der Waals surface area contributed by atoms with Crippen LogP contribution in [0.25, 0.3) is 0 Å². The van der Waals surface area contributed by atoms with Crippen molar-refractivity contribution in [3.8, 4) is 0 Å². The number of hydrogen-bond donors (Lipinski definition) is 0. The van der Waals surface area contributed by atoms with Crippen molar-refractivity contribution in [3.63, 3.8) is 0 Å². The largest absolute Gasteiger partial charge is 0.348 e. The average Bonchev–Trinajstić information content (AvgIpc) is 3.01. The van der Waals surface area contributed by atoms with Crippen LogP contribution in [0.3, 0.4) is 0 Å². The number of thiazole rings is 1. The van der Waals surface area contributed by atoms with E-state index >= 15 is 0 Å². The van der Waals surface area contributed by atoms with E-state index in [1.807, 2.05) is 11.6 Å². The fraction of sp³-hybridized carbons (Fsp3) is 0.438. The molecule has 0 saturated carbocycles. The number of aromatic nitrogens is 1. The van der Waals surface area contributed by atoms with Crippen molar-refractivity contribution in [3.05, 3.63) is 47.0 Å². The van der Waals surface area contributed by atoms with E-state index in [0.29, 0.717) is 17.9 Å². The average molecular weight is 308 g/mol. The van der Waals surface area contributed by atoms with Crippen LogP contribution in [0.15, 0.2) is 29.8 Å². The van der Waals surface area contributed by atoms with Gasteiger partial charge in [0, 0.05) is 30.7 Å². The highest BCUT2D eigenvalue weighted by Gasteiger charge is 2.21. The minimum absolute atomic E-state index is 0.428.